The van der Waals surface area contributed by atoms with Crippen LogP contribution in [0.5, 0.6) is 0 Å². The van der Waals surface area contributed by atoms with Crippen LogP contribution in [0.1, 0.15) is 37.4 Å². The summed E-state index contributed by atoms with van der Waals surface area (Å²) in [5.74, 6) is -0.595. The minimum atomic E-state index is -0.376. The standard InChI is InChI=1S/C17H19NO4/c1-2-22-17(21)10-8-14(19)7-9-16(20)18-12-11-13-5-3-4-6-15(13)18/h3-6,11-12H,2,7-10H2,1H3. The first-order chi connectivity index (χ1) is 10.6. The zero-order valence-electron chi connectivity index (χ0n) is 12.6. The molecule has 0 unspecified atom stereocenters. The molecular weight excluding hydrogens is 282 g/mol. The highest BCUT2D eigenvalue weighted by atomic mass is 16.5. The predicted molar refractivity (Wildman–Crippen MR) is 82.7 cm³/mol. The van der Waals surface area contributed by atoms with E-state index >= 15 is 0 Å². The second-order valence-electron chi connectivity index (χ2n) is 4.98. The van der Waals surface area contributed by atoms with Gasteiger partial charge in [-0.3, -0.25) is 19.0 Å². The number of hydrogen-bond acceptors (Lipinski definition) is 4. The lowest BCUT2D eigenvalue weighted by Crippen LogP contribution is -2.12. The van der Waals surface area contributed by atoms with E-state index in [0.717, 1.165) is 10.9 Å². The maximum Gasteiger partial charge on any atom is 0.306 e. The zero-order valence-corrected chi connectivity index (χ0v) is 12.6. The van der Waals surface area contributed by atoms with E-state index < -0.39 is 0 Å². The van der Waals surface area contributed by atoms with E-state index in [-0.39, 0.29) is 43.3 Å². The number of esters is 1. The fourth-order valence-corrected chi connectivity index (χ4v) is 2.27. The number of ketones is 1. The van der Waals surface area contributed by atoms with Crippen molar-refractivity contribution in [3.05, 3.63) is 36.5 Å². The molecule has 0 bridgehead atoms. The Morgan fingerprint density at radius 2 is 1.73 bits per heavy atom. The predicted octanol–water partition coefficient (Wildman–Crippen LogP) is 2.97. The van der Waals surface area contributed by atoms with E-state index in [1.165, 1.54) is 0 Å². The van der Waals surface area contributed by atoms with Crippen LogP contribution in [0.4, 0.5) is 0 Å². The summed E-state index contributed by atoms with van der Waals surface area (Å²) < 4.78 is 6.33. The third-order valence-corrected chi connectivity index (χ3v) is 3.40. The van der Waals surface area contributed by atoms with Gasteiger partial charge in [0.2, 0.25) is 5.91 Å². The van der Waals surface area contributed by atoms with Crippen LogP contribution < -0.4 is 0 Å². The number of para-hydroxylation sites is 1. The molecule has 0 aliphatic carbocycles. The molecule has 0 aliphatic heterocycles. The van der Waals surface area contributed by atoms with Gasteiger partial charge in [0.15, 0.2) is 0 Å². The minimum Gasteiger partial charge on any atom is -0.466 e. The van der Waals surface area contributed by atoms with Crippen LogP contribution in [0.3, 0.4) is 0 Å². The minimum absolute atomic E-state index is 0.0767. The number of fused-ring (bicyclic) bond motifs is 1. The van der Waals surface area contributed by atoms with Crippen LogP contribution >= 0.6 is 0 Å². The molecule has 5 nitrogen and oxygen atoms in total. The fourth-order valence-electron chi connectivity index (χ4n) is 2.27. The van der Waals surface area contributed by atoms with Crippen LogP contribution in [0, 0.1) is 0 Å². The van der Waals surface area contributed by atoms with Crippen LogP contribution in [0.15, 0.2) is 36.5 Å². The third-order valence-electron chi connectivity index (χ3n) is 3.40. The largest absolute Gasteiger partial charge is 0.466 e. The van der Waals surface area contributed by atoms with Crippen molar-refractivity contribution < 1.29 is 19.1 Å². The number of benzene rings is 1. The summed E-state index contributed by atoms with van der Waals surface area (Å²) in [6.07, 6.45) is 2.20. The second-order valence-corrected chi connectivity index (χ2v) is 4.98. The Kier molecular flexibility index (Phi) is 5.47. The first-order valence-corrected chi connectivity index (χ1v) is 7.38. The Hall–Kier alpha value is -2.43. The van der Waals surface area contributed by atoms with Gasteiger partial charge < -0.3 is 4.74 Å². The van der Waals surface area contributed by atoms with Crippen LogP contribution in [0.2, 0.25) is 0 Å². The number of aromatic nitrogens is 1. The van der Waals surface area contributed by atoms with E-state index in [1.807, 2.05) is 30.3 Å². The summed E-state index contributed by atoms with van der Waals surface area (Å²) in [7, 11) is 0. The summed E-state index contributed by atoms with van der Waals surface area (Å²) in [6, 6.07) is 9.46. The number of carbonyl (C=O) groups excluding carboxylic acids is 3. The Bertz CT molecular complexity index is 687. The van der Waals surface area contributed by atoms with Gasteiger partial charge in [0.05, 0.1) is 18.5 Å². The van der Waals surface area contributed by atoms with Gasteiger partial charge in [0, 0.05) is 30.8 Å². The van der Waals surface area contributed by atoms with Crippen molar-refractivity contribution >= 4 is 28.6 Å². The molecule has 0 N–H and O–H groups in total. The monoisotopic (exact) mass is 301 g/mol. The molecule has 116 valence electrons. The first kappa shape index (κ1) is 15.9. The molecule has 0 saturated heterocycles. The molecule has 0 fully saturated rings. The average Bonchev–Trinajstić information content (AvgIpc) is 2.95. The highest BCUT2D eigenvalue weighted by Gasteiger charge is 2.12. The lowest BCUT2D eigenvalue weighted by Gasteiger charge is -2.04. The number of nitrogens with zero attached hydrogens (tertiary/aromatic N) is 1. The maximum absolute atomic E-state index is 12.2. The zero-order chi connectivity index (χ0) is 15.9. The summed E-state index contributed by atoms with van der Waals surface area (Å²) in [4.78, 5) is 35.1. The van der Waals surface area contributed by atoms with Crippen molar-refractivity contribution in [3.8, 4) is 0 Å². The molecule has 0 amide bonds. The Balaban J connectivity index is 1.85. The molecule has 0 spiro atoms. The molecule has 2 aromatic rings. The molecule has 5 heteroatoms. The van der Waals surface area contributed by atoms with Crippen molar-refractivity contribution in [2.45, 2.75) is 32.6 Å². The highest BCUT2D eigenvalue weighted by Crippen LogP contribution is 2.16. The van der Waals surface area contributed by atoms with Gasteiger partial charge in [0.1, 0.15) is 5.78 Å². The van der Waals surface area contributed by atoms with Crippen LogP contribution in [0.25, 0.3) is 10.9 Å². The molecule has 1 aromatic heterocycles. The normalized spacial score (nSPS) is 10.6. The fraction of sp³-hybridized carbons (Fsp3) is 0.353. The van der Waals surface area contributed by atoms with Crippen molar-refractivity contribution in [2.24, 2.45) is 0 Å². The van der Waals surface area contributed by atoms with Crippen molar-refractivity contribution in [2.75, 3.05) is 6.61 Å². The van der Waals surface area contributed by atoms with E-state index in [1.54, 1.807) is 17.7 Å². The Labute approximate surface area is 128 Å². The molecule has 22 heavy (non-hydrogen) atoms. The molecule has 2 rings (SSSR count). The molecule has 1 aromatic carbocycles. The van der Waals surface area contributed by atoms with Gasteiger partial charge in [-0.1, -0.05) is 18.2 Å². The van der Waals surface area contributed by atoms with Gasteiger partial charge >= 0.3 is 5.97 Å². The molecule has 0 atom stereocenters. The molecule has 1 heterocycles. The number of rotatable bonds is 7. The quantitative estimate of drug-likeness (QED) is 0.737. The smallest absolute Gasteiger partial charge is 0.306 e. The Morgan fingerprint density at radius 1 is 1.00 bits per heavy atom. The van der Waals surface area contributed by atoms with E-state index in [0.29, 0.717) is 6.61 Å². The van der Waals surface area contributed by atoms with E-state index in [9.17, 15) is 14.4 Å². The van der Waals surface area contributed by atoms with Crippen molar-refractivity contribution in [1.82, 2.24) is 4.57 Å². The van der Waals surface area contributed by atoms with Crippen LogP contribution in [-0.4, -0.2) is 28.8 Å². The van der Waals surface area contributed by atoms with Gasteiger partial charge in [-0.2, -0.15) is 0 Å². The molecule has 0 radical (unpaired) electrons. The maximum atomic E-state index is 12.2. The second kappa shape index (κ2) is 7.54. The molecule has 0 saturated carbocycles. The van der Waals surface area contributed by atoms with Crippen LogP contribution in [-0.2, 0) is 14.3 Å². The number of ether oxygens (including phenoxy) is 1. The van der Waals surface area contributed by atoms with Crippen molar-refractivity contribution in [1.29, 1.82) is 0 Å². The summed E-state index contributed by atoms with van der Waals surface area (Å²) in [5.41, 5.74) is 0.839. The summed E-state index contributed by atoms with van der Waals surface area (Å²) >= 11 is 0. The van der Waals surface area contributed by atoms with Gasteiger partial charge in [-0.15, -0.1) is 0 Å². The number of hydrogen-bond donors (Lipinski definition) is 0. The average molecular weight is 301 g/mol. The lowest BCUT2D eigenvalue weighted by molar-refractivity contribution is -0.144. The summed E-state index contributed by atoms with van der Waals surface area (Å²) in [6.45, 7) is 2.03. The third kappa shape index (κ3) is 4.04. The van der Waals surface area contributed by atoms with E-state index in [2.05, 4.69) is 0 Å². The number of carbonyl (C=O) groups is 3. The lowest BCUT2D eigenvalue weighted by atomic mass is 10.1. The van der Waals surface area contributed by atoms with Gasteiger partial charge in [-0.25, -0.2) is 0 Å². The first-order valence-electron chi connectivity index (χ1n) is 7.38. The topological polar surface area (TPSA) is 65.4 Å². The van der Waals surface area contributed by atoms with E-state index in [4.69, 9.17) is 4.74 Å². The van der Waals surface area contributed by atoms with Gasteiger partial charge in [0.25, 0.3) is 0 Å². The number of Topliss-reactive ketones (excluding diaryl/α,β-unsaturated/α-hetero) is 1. The molecular formula is C17H19NO4. The SMILES string of the molecule is CCOC(=O)CCC(=O)CCC(=O)n1ccc2ccccc21. The highest BCUT2D eigenvalue weighted by molar-refractivity contribution is 5.94. The van der Waals surface area contributed by atoms with Gasteiger partial charge in [-0.05, 0) is 19.1 Å². The molecule has 0 aliphatic rings. The Morgan fingerprint density at radius 3 is 2.50 bits per heavy atom. The van der Waals surface area contributed by atoms with Crippen molar-refractivity contribution in [3.63, 3.8) is 0 Å². The summed E-state index contributed by atoms with van der Waals surface area (Å²) in [5, 5.41) is 0.990.